The lowest BCUT2D eigenvalue weighted by atomic mass is 10.1. The van der Waals surface area contributed by atoms with Crippen LogP contribution < -0.4 is 0 Å². The molecular weight excluding hydrogens is 293 g/mol. The molecule has 3 atom stereocenters. The van der Waals surface area contributed by atoms with Crippen molar-refractivity contribution in [1.29, 1.82) is 0 Å². The molecule has 0 N–H and O–H groups in total. The number of benzene rings is 1. The molecule has 114 valence electrons. The average Bonchev–Trinajstić information content (AvgIpc) is 3.15. The summed E-state index contributed by atoms with van der Waals surface area (Å²) in [4.78, 5) is 14.0. The fourth-order valence-corrected chi connectivity index (χ4v) is 4.84. The first-order valence-electron chi connectivity index (χ1n) is 7.10. The van der Waals surface area contributed by atoms with Gasteiger partial charge in [0.2, 0.25) is 5.91 Å². The van der Waals surface area contributed by atoms with E-state index in [9.17, 15) is 17.6 Å². The molecule has 1 aliphatic carbocycles. The number of rotatable bonds is 3. The summed E-state index contributed by atoms with van der Waals surface area (Å²) in [5.74, 6) is 0.00847. The zero-order chi connectivity index (χ0) is 15.2. The van der Waals surface area contributed by atoms with Crippen LogP contribution in [0.4, 0.5) is 4.39 Å². The van der Waals surface area contributed by atoms with E-state index in [0.717, 1.165) is 12.0 Å². The fraction of sp³-hybridized carbons (Fsp3) is 0.533. The van der Waals surface area contributed by atoms with Crippen molar-refractivity contribution >= 4 is 15.7 Å². The molecule has 2 fully saturated rings. The first kappa shape index (κ1) is 14.5. The van der Waals surface area contributed by atoms with Gasteiger partial charge in [0, 0.05) is 19.0 Å². The molecule has 1 aliphatic heterocycles. The van der Waals surface area contributed by atoms with Crippen molar-refractivity contribution in [1.82, 2.24) is 4.90 Å². The van der Waals surface area contributed by atoms with E-state index in [1.54, 1.807) is 24.1 Å². The Labute approximate surface area is 123 Å². The second-order valence-electron chi connectivity index (χ2n) is 6.01. The summed E-state index contributed by atoms with van der Waals surface area (Å²) >= 11 is 0. The molecule has 1 amide bonds. The molecule has 6 heteroatoms. The summed E-state index contributed by atoms with van der Waals surface area (Å²) in [5.41, 5.74) is 0.974. The maximum absolute atomic E-state index is 12.9. The van der Waals surface area contributed by atoms with Crippen LogP contribution in [0.3, 0.4) is 0 Å². The number of nitrogens with zero attached hydrogens (tertiary/aromatic N) is 1. The molecule has 21 heavy (non-hydrogen) atoms. The largest absolute Gasteiger partial charge is 0.341 e. The maximum atomic E-state index is 12.9. The van der Waals surface area contributed by atoms with Crippen LogP contribution in [0.2, 0.25) is 0 Å². The Morgan fingerprint density at radius 2 is 1.95 bits per heavy atom. The van der Waals surface area contributed by atoms with E-state index in [1.807, 2.05) is 0 Å². The zero-order valence-electron chi connectivity index (χ0n) is 11.8. The standard InChI is InChI=1S/C15H18FNO3S/c1-17(12-6-7-21(19,20)9-12)15(18)14-8-13(14)10-2-4-11(16)5-3-10/h2-5,12-14H,6-9H2,1H3/t12-,13-,14+/m1/s1. The molecule has 0 bridgehead atoms. The SMILES string of the molecule is CN(C(=O)[C@H]1C[C@@H]1c1ccc(F)cc1)[C@@H]1CCS(=O)(=O)C1. The number of carbonyl (C=O) groups is 1. The first-order valence-corrected chi connectivity index (χ1v) is 8.92. The van der Waals surface area contributed by atoms with Crippen LogP contribution in [0, 0.1) is 11.7 Å². The number of hydrogen-bond acceptors (Lipinski definition) is 3. The van der Waals surface area contributed by atoms with Crippen LogP contribution in [0.5, 0.6) is 0 Å². The van der Waals surface area contributed by atoms with Gasteiger partial charge in [-0.3, -0.25) is 4.79 Å². The van der Waals surface area contributed by atoms with E-state index in [2.05, 4.69) is 0 Å². The summed E-state index contributed by atoms with van der Waals surface area (Å²) < 4.78 is 35.9. The molecule has 2 aliphatic rings. The summed E-state index contributed by atoms with van der Waals surface area (Å²) in [5, 5.41) is 0. The van der Waals surface area contributed by atoms with E-state index >= 15 is 0 Å². The Morgan fingerprint density at radius 3 is 2.52 bits per heavy atom. The molecule has 1 aromatic rings. The van der Waals surface area contributed by atoms with Gasteiger partial charge in [-0.05, 0) is 36.5 Å². The van der Waals surface area contributed by atoms with Gasteiger partial charge >= 0.3 is 0 Å². The second kappa shape index (κ2) is 5.09. The fourth-order valence-electron chi connectivity index (χ4n) is 3.07. The highest BCUT2D eigenvalue weighted by atomic mass is 32.2. The Bertz CT molecular complexity index is 656. The van der Waals surface area contributed by atoms with E-state index in [0.29, 0.717) is 6.42 Å². The lowest BCUT2D eigenvalue weighted by Crippen LogP contribution is -2.39. The summed E-state index contributed by atoms with van der Waals surface area (Å²) in [6, 6.07) is 6.04. The molecule has 0 spiro atoms. The number of sulfone groups is 1. The minimum absolute atomic E-state index is 0.00595. The van der Waals surface area contributed by atoms with Crippen molar-refractivity contribution in [2.45, 2.75) is 24.8 Å². The van der Waals surface area contributed by atoms with Gasteiger partial charge in [-0.15, -0.1) is 0 Å². The van der Waals surface area contributed by atoms with Gasteiger partial charge in [-0.1, -0.05) is 12.1 Å². The van der Waals surface area contributed by atoms with Crippen molar-refractivity contribution < 1.29 is 17.6 Å². The Kier molecular flexibility index (Phi) is 3.51. The van der Waals surface area contributed by atoms with Crippen molar-refractivity contribution in [2.24, 2.45) is 5.92 Å². The molecule has 1 saturated heterocycles. The highest BCUT2D eigenvalue weighted by Gasteiger charge is 2.47. The number of halogens is 1. The van der Waals surface area contributed by atoms with E-state index in [-0.39, 0.29) is 41.1 Å². The summed E-state index contributed by atoms with van der Waals surface area (Å²) in [7, 11) is -1.30. The number of amides is 1. The minimum Gasteiger partial charge on any atom is -0.341 e. The van der Waals surface area contributed by atoms with Gasteiger partial charge in [0.25, 0.3) is 0 Å². The van der Waals surface area contributed by atoms with Crippen LogP contribution >= 0.6 is 0 Å². The third-order valence-electron chi connectivity index (χ3n) is 4.51. The van der Waals surface area contributed by atoms with Gasteiger partial charge in [0.05, 0.1) is 11.5 Å². The smallest absolute Gasteiger partial charge is 0.226 e. The summed E-state index contributed by atoms with van der Waals surface area (Å²) in [6.45, 7) is 0. The molecule has 1 heterocycles. The van der Waals surface area contributed by atoms with Gasteiger partial charge in [-0.25, -0.2) is 12.8 Å². The van der Waals surface area contributed by atoms with Crippen LogP contribution in [0.1, 0.15) is 24.3 Å². The molecule has 3 rings (SSSR count). The second-order valence-corrected chi connectivity index (χ2v) is 8.23. The summed E-state index contributed by atoms with van der Waals surface area (Å²) in [6.07, 6.45) is 1.28. The minimum atomic E-state index is -2.99. The normalized spacial score (nSPS) is 30.1. The molecule has 1 aromatic carbocycles. The highest BCUT2D eigenvalue weighted by Crippen LogP contribution is 2.48. The number of carbonyl (C=O) groups excluding carboxylic acids is 1. The van der Waals surface area contributed by atoms with Crippen molar-refractivity contribution in [2.75, 3.05) is 18.6 Å². The van der Waals surface area contributed by atoms with Crippen LogP contribution in [0.15, 0.2) is 24.3 Å². The Morgan fingerprint density at radius 1 is 1.29 bits per heavy atom. The van der Waals surface area contributed by atoms with Gasteiger partial charge < -0.3 is 4.90 Å². The third-order valence-corrected chi connectivity index (χ3v) is 6.26. The molecular formula is C15H18FNO3S. The van der Waals surface area contributed by atoms with Crippen molar-refractivity contribution in [3.8, 4) is 0 Å². The number of hydrogen-bond donors (Lipinski definition) is 0. The monoisotopic (exact) mass is 311 g/mol. The van der Waals surface area contributed by atoms with Gasteiger partial charge in [0.15, 0.2) is 9.84 Å². The topological polar surface area (TPSA) is 54.5 Å². The van der Waals surface area contributed by atoms with E-state index < -0.39 is 9.84 Å². The van der Waals surface area contributed by atoms with Gasteiger partial charge in [0.1, 0.15) is 5.82 Å². The van der Waals surface area contributed by atoms with Crippen LogP contribution in [-0.2, 0) is 14.6 Å². The Hall–Kier alpha value is -1.43. The molecule has 0 radical (unpaired) electrons. The zero-order valence-corrected chi connectivity index (χ0v) is 12.6. The molecule has 0 unspecified atom stereocenters. The van der Waals surface area contributed by atoms with Crippen molar-refractivity contribution in [3.05, 3.63) is 35.6 Å². The highest BCUT2D eigenvalue weighted by molar-refractivity contribution is 7.91. The maximum Gasteiger partial charge on any atom is 0.226 e. The molecule has 1 saturated carbocycles. The van der Waals surface area contributed by atoms with E-state index in [1.165, 1.54) is 12.1 Å². The lowest BCUT2D eigenvalue weighted by molar-refractivity contribution is -0.133. The molecule has 0 aromatic heterocycles. The van der Waals surface area contributed by atoms with Crippen molar-refractivity contribution in [3.63, 3.8) is 0 Å². The third kappa shape index (κ3) is 2.95. The van der Waals surface area contributed by atoms with Crippen LogP contribution in [0.25, 0.3) is 0 Å². The van der Waals surface area contributed by atoms with E-state index in [4.69, 9.17) is 0 Å². The first-order chi connectivity index (χ1) is 9.87. The quantitative estimate of drug-likeness (QED) is 0.851. The molecule has 4 nitrogen and oxygen atoms in total. The Balaban J connectivity index is 1.63. The predicted molar refractivity (Wildman–Crippen MR) is 77.1 cm³/mol. The average molecular weight is 311 g/mol. The van der Waals surface area contributed by atoms with Gasteiger partial charge in [-0.2, -0.15) is 0 Å². The van der Waals surface area contributed by atoms with Crippen LogP contribution in [-0.4, -0.2) is 43.8 Å². The lowest BCUT2D eigenvalue weighted by Gasteiger charge is -2.23. The predicted octanol–water partition coefficient (Wildman–Crippen LogP) is 1.57.